The van der Waals surface area contributed by atoms with Crippen LogP contribution in [0.3, 0.4) is 0 Å². The van der Waals surface area contributed by atoms with Gasteiger partial charge in [0.15, 0.2) is 0 Å². The van der Waals surface area contributed by atoms with E-state index in [1.165, 1.54) is 10.6 Å². The number of hydrogen-bond acceptors (Lipinski definition) is 2. The van der Waals surface area contributed by atoms with Crippen molar-refractivity contribution < 1.29 is 8.42 Å². The first-order chi connectivity index (χ1) is 7.60. The van der Waals surface area contributed by atoms with Crippen LogP contribution in [0.2, 0.25) is 5.02 Å². The van der Waals surface area contributed by atoms with E-state index in [-0.39, 0.29) is 0 Å². The molecule has 17 heavy (non-hydrogen) atoms. The van der Waals surface area contributed by atoms with Crippen molar-refractivity contribution in [1.29, 1.82) is 0 Å². The molecule has 0 aromatic heterocycles. The van der Waals surface area contributed by atoms with Crippen LogP contribution in [0.1, 0.15) is 26.3 Å². The smallest absolute Gasteiger partial charge is 0.211 e. The predicted molar refractivity (Wildman–Crippen MR) is 71.6 cm³/mol. The summed E-state index contributed by atoms with van der Waals surface area (Å²) in [5.41, 5.74) is 0.488. The van der Waals surface area contributed by atoms with Gasteiger partial charge in [-0.15, -0.1) is 0 Å². The summed E-state index contributed by atoms with van der Waals surface area (Å²) < 4.78 is 25.0. The molecule has 1 aromatic rings. The predicted octanol–water partition coefficient (Wildman–Crippen LogP) is 2.90. The van der Waals surface area contributed by atoms with E-state index in [1.54, 1.807) is 12.1 Å². The molecule has 0 amide bonds. The lowest BCUT2D eigenvalue weighted by Gasteiger charge is -2.33. The fraction of sp³-hybridized carbons (Fsp3) is 0.500. The topological polar surface area (TPSA) is 37.4 Å². The van der Waals surface area contributed by atoms with Gasteiger partial charge in [-0.2, -0.15) is 4.31 Å². The lowest BCUT2D eigenvalue weighted by atomic mass is 10.1. The summed E-state index contributed by atoms with van der Waals surface area (Å²) in [5, 5.41) is 0.649. The Balaban J connectivity index is 3.00. The summed E-state index contributed by atoms with van der Waals surface area (Å²) >= 11 is 5.80. The Morgan fingerprint density at radius 2 is 1.65 bits per heavy atom. The van der Waals surface area contributed by atoms with E-state index in [1.807, 2.05) is 32.9 Å². The molecule has 0 radical (unpaired) electrons. The molecule has 0 fully saturated rings. The SMILES string of the molecule is CC(C)(C)N(Cc1ccc(Cl)cc1)S(C)(=O)=O. The first-order valence-electron chi connectivity index (χ1n) is 5.33. The lowest BCUT2D eigenvalue weighted by Crippen LogP contribution is -2.44. The highest BCUT2D eigenvalue weighted by Gasteiger charge is 2.29. The van der Waals surface area contributed by atoms with Crippen LogP contribution in [0, 0.1) is 0 Å². The van der Waals surface area contributed by atoms with Crippen LogP contribution in [0.4, 0.5) is 0 Å². The minimum atomic E-state index is -3.23. The van der Waals surface area contributed by atoms with Crippen LogP contribution in [0.5, 0.6) is 0 Å². The monoisotopic (exact) mass is 275 g/mol. The second-order valence-corrected chi connectivity index (χ2v) is 7.41. The van der Waals surface area contributed by atoms with E-state index in [2.05, 4.69) is 0 Å². The molecular formula is C12H18ClNO2S. The standard InChI is InChI=1S/C12H18ClNO2S/c1-12(2,3)14(17(4,15)16)9-10-5-7-11(13)8-6-10/h5-8H,9H2,1-4H3. The zero-order chi connectivity index (χ0) is 13.3. The molecule has 96 valence electrons. The highest BCUT2D eigenvalue weighted by molar-refractivity contribution is 7.88. The molecule has 0 spiro atoms. The molecule has 1 aromatic carbocycles. The minimum absolute atomic E-state index is 0.361. The normalized spacial score (nSPS) is 13.1. The Hall–Kier alpha value is -0.580. The third kappa shape index (κ3) is 4.30. The van der Waals surface area contributed by atoms with Crippen molar-refractivity contribution in [2.45, 2.75) is 32.9 Å². The third-order valence-electron chi connectivity index (χ3n) is 2.39. The highest BCUT2D eigenvalue weighted by Crippen LogP contribution is 2.21. The lowest BCUT2D eigenvalue weighted by molar-refractivity contribution is 0.244. The van der Waals surface area contributed by atoms with E-state index in [9.17, 15) is 8.42 Å². The van der Waals surface area contributed by atoms with Gasteiger partial charge in [-0.05, 0) is 38.5 Å². The van der Waals surface area contributed by atoms with Crippen molar-refractivity contribution in [1.82, 2.24) is 4.31 Å². The molecule has 0 aliphatic carbocycles. The molecule has 0 saturated heterocycles. The van der Waals surface area contributed by atoms with Gasteiger partial charge in [-0.1, -0.05) is 23.7 Å². The molecule has 3 nitrogen and oxygen atoms in total. The first kappa shape index (κ1) is 14.5. The van der Waals surface area contributed by atoms with Gasteiger partial charge < -0.3 is 0 Å². The average Bonchev–Trinajstić information content (AvgIpc) is 2.13. The molecule has 5 heteroatoms. The average molecular weight is 276 g/mol. The molecule has 0 unspecified atom stereocenters. The Bertz CT molecular complexity index is 474. The number of nitrogens with zero attached hydrogens (tertiary/aromatic N) is 1. The molecule has 0 heterocycles. The number of halogens is 1. The number of hydrogen-bond donors (Lipinski definition) is 0. The van der Waals surface area contributed by atoms with Crippen LogP contribution >= 0.6 is 11.6 Å². The van der Waals surface area contributed by atoms with Crippen LogP contribution in [0.15, 0.2) is 24.3 Å². The Morgan fingerprint density at radius 3 is 2.00 bits per heavy atom. The fourth-order valence-corrected chi connectivity index (χ4v) is 3.11. The second-order valence-electron chi connectivity index (χ2n) is 5.07. The summed E-state index contributed by atoms with van der Waals surface area (Å²) in [6, 6.07) is 7.21. The van der Waals surface area contributed by atoms with E-state index in [4.69, 9.17) is 11.6 Å². The molecule has 0 N–H and O–H groups in total. The molecule has 0 aliphatic heterocycles. The number of rotatable bonds is 3. The highest BCUT2D eigenvalue weighted by atomic mass is 35.5. The van der Waals surface area contributed by atoms with Gasteiger partial charge in [-0.25, -0.2) is 8.42 Å². The van der Waals surface area contributed by atoms with Crippen molar-refractivity contribution in [3.05, 3.63) is 34.9 Å². The van der Waals surface area contributed by atoms with Crippen LogP contribution in [-0.4, -0.2) is 24.5 Å². The largest absolute Gasteiger partial charge is 0.212 e. The minimum Gasteiger partial charge on any atom is -0.212 e. The zero-order valence-corrected chi connectivity index (χ0v) is 12.1. The Kier molecular flexibility index (Phi) is 4.23. The van der Waals surface area contributed by atoms with Crippen LogP contribution < -0.4 is 0 Å². The van der Waals surface area contributed by atoms with Crippen molar-refractivity contribution in [2.24, 2.45) is 0 Å². The van der Waals surface area contributed by atoms with E-state index >= 15 is 0 Å². The summed E-state index contributed by atoms with van der Waals surface area (Å²) in [4.78, 5) is 0. The van der Waals surface area contributed by atoms with Crippen molar-refractivity contribution in [3.8, 4) is 0 Å². The second kappa shape index (κ2) is 4.96. The Labute approximate surface area is 108 Å². The van der Waals surface area contributed by atoms with E-state index in [0.717, 1.165) is 5.56 Å². The fourth-order valence-electron chi connectivity index (χ4n) is 1.61. The molecule has 1 rings (SSSR count). The zero-order valence-electron chi connectivity index (χ0n) is 10.6. The van der Waals surface area contributed by atoms with Crippen molar-refractivity contribution in [3.63, 3.8) is 0 Å². The van der Waals surface area contributed by atoms with E-state index in [0.29, 0.717) is 11.6 Å². The maximum absolute atomic E-state index is 11.7. The van der Waals surface area contributed by atoms with Crippen LogP contribution in [0.25, 0.3) is 0 Å². The van der Waals surface area contributed by atoms with Crippen molar-refractivity contribution >= 4 is 21.6 Å². The maximum Gasteiger partial charge on any atom is 0.211 e. The number of sulfonamides is 1. The van der Waals surface area contributed by atoms with Gasteiger partial charge in [0.2, 0.25) is 10.0 Å². The van der Waals surface area contributed by atoms with Crippen LogP contribution in [-0.2, 0) is 16.6 Å². The molecule has 0 aliphatic rings. The van der Waals surface area contributed by atoms with Gasteiger partial charge in [0, 0.05) is 17.1 Å². The maximum atomic E-state index is 11.7. The Morgan fingerprint density at radius 1 is 1.18 bits per heavy atom. The van der Waals surface area contributed by atoms with Gasteiger partial charge in [0.05, 0.1) is 6.26 Å². The van der Waals surface area contributed by atoms with E-state index < -0.39 is 15.6 Å². The molecular weight excluding hydrogens is 258 g/mol. The molecule has 0 saturated carbocycles. The third-order valence-corrected chi connectivity index (χ3v) is 4.12. The van der Waals surface area contributed by atoms with Gasteiger partial charge in [0.1, 0.15) is 0 Å². The number of benzene rings is 1. The van der Waals surface area contributed by atoms with Gasteiger partial charge in [-0.3, -0.25) is 0 Å². The summed E-state index contributed by atoms with van der Waals surface area (Å²) in [6.45, 7) is 6.00. The summed E-state index contributed by atoms with van der Waals surface area (Å²) in [6.07, 6.45) is 1.23. The van der Waals surface area contributed by atoms with Gasteiger partial charge >= 0.3 is 0 Å². The summed E-state index contributed by atoms with van der Waals surface area (Å²) in [5.74, 6) is 0. The quantitative estimate of drug-likeness (QED) is 0.851. The molecule has 0 bridgehead atoms. The van der Waals surface area contributed by atoms with Gasteiger partial charge in [0.25, 0.3) is 0 Å². The van der Waals surface area contributed by atoms with Crippen molar-refractivity contribution in [2.75, 3.05) is 6.26 Å². The summed E-state index contributed by atoms with van der Waals surface area (Å²) in [7, 11) is -3.23. The molecule has 0 atom stereocenters. The first-order valence-corrected chi connectivity index (χ1v) is 7.55.